The van der Waals surface area contributed by atoms with Gasteiger partial charge >= 0.3 is 0 Å². The predicted octanol–water partition coefficient (Wildman–Crippen LogP) is 2.26. The zero-order valence-electron chi connectivity index (χ0n) is 12.7. The van der Waals surface area contributed by atoms with Crippen LogP contribution in [0, 0.1) is 0 Å². The minimum absolute atomic E-state index is 0.166. The maximum Gasteiger partial charge on any atom is 0.258 e. The van der Waals surface area contributed by atoms with E-state index in [1.54, 1.807) is 24.3 Å². The Morgan fingerprint density at radius 1 is 1.09 bits per heavy atom. The Morgan fingerprint density at radius 2 is 1.74 bits per heavy atom. The number of anilines is 3. The Labute approximate surface area is 133 Å². The smallest absolute Gasteiger partial charge is 0.258 e. The summed E-state index contributed by atoms with van der Waals surface area (Å²) in [4.78, 5) is 31.5. The fraction of sp³-hybridized carbons (Fsp3) is 0.250. The molecule has 1 aliphatic carbocycles. The van der Waals surface area contributed by atoms with Gasteiger partial charge < -0.3 is 16.0 Å². The highest BCUT2D eigenvalue weighted by Gasteiger charge is 2.21. The Bertz CT molecular complexity index is 726. The van der Waals surface area contributed by atoms with Crippen LogP contribution in [0.5, 0.6) is 0 Å². The molecule has 2 aromatic rings. The summed E-state index contributed by atoms with van der Waals surface area (Å²) < 4.78 is 0. The standard InChI is InChI=1S/C16H17N5O2/c1-10(22)19-13-3-2-4-14(7-13)20-15(23)11-8-17-16(18-9-11)21-12-5-6-12/h2-4,7-9,12H,5-6H2,1H3,(H,19,22)(H,20,23)(H,17,18,21). The van der Waals surface area contributed by atoms with E-state index < -0.39 is 0 Å². The van der Waals surface area contributed by atoms with Crippen LogP contribution in [0.2, 0.25) is 0 Å². The molecule has 1 fully saturated rings. The molecule has 0 aliphatic heterocycles. The lowest BCUT2D eigenvalue weighted by Crippen LogP contribution is -2.14. The van der Waals surface area contributed by atoms with Crippen molar-refractivity contribution >= 4 is 29.1 Å². The summed E-state index contributed by atoms with van der Waals surface area (Å²) >= 11 is 0. The van der Waals surface area contributed by atoms with Gasteiger partial charge in [-0.15, -0.1) is 0 Å². The van der Waals surface area contributed by atoms with Gasteiger partial charge in [0, 0.05) is 36.7 Å². The first-order chi connectivity index (χ1) is 11.1. The zero-order chi connectivity index (χ0) is 16.2. The predicted molar refractivity (Wildman–Crippen MR) is 87.4 cm³/mol. The second kappa shape index (κ2) is 6.43. The minimum Gasteiger partial charge on any atom is -0.351 e. The highest BCUT2D eigenvalue weighted by atomic mass is 16.2. The lowest BCUT2D eigenvalue weighted by Gasteiger charge is -2.08. The second-order valence-corrected chi connectivity index (χ2v) is 5.43. The van der Waals surface area contributed by atoms with Gasteiger partial charge in [-0.1, -0.05) is 6.07 Å². The minimum atomic E-state index is -0.303. The van der Waals surface area contributed by atoms with Crippen molar-refractivity contribution in [2.75, 3.05) is 16.0 Å². The third-order valence-electron chi connectivity index (χ3n) is 3.27. The molecule has 0 atom stereocenters. The molecule has 0 radical (unpaired) electrons. The monoisotopic (exact) mass is 311 g/mol. The van der Waals surface area contributed by atoms with Gasteiger partial charge in [0.2, 0.25) is 11.9 Å². The maximum absolute atomic E-state index is 12.2. The first kappa shape index (κ1) is 15.0. The lowest BCUT2D eigenvalue weighted by atomic mass is 10.2. The molecule has 7 nitrogen and oxygen atoms in total. The second-order valence-electron chi connectivity index (χ2n) is 5.43. The number of hydrogen-bond acceptors (Lipinski definition) is 5. The van der Waals surface area contributed by atoms with Crippen LogP contribution in [0.15, 0.2) is 36.7 Å². The number of aromatic nitrogens is 2. The first-order valence-corrected chi connectivity index (χ1v) is 7.38. The molecule has 7 heteroatoms. The van der Waals surface area contributed by atoms with Crippen LogP contribution in [0.3, 0.4) is 0 Å². The highest BCUT2D eigenvalue weighted by Crippen LogP contribution is 2.22. The largest absolute Gasteiger partial charge is 0.351 e. The molecule has 1 aromatic carbocycles. The molecule has 118 valence electrons. The van der Waals surface area contributed by atoms with Crippen molar-refractivity contribution in [1.29, 1.82) is 0 Å². The van der Waals surface area contributed by atoms with Crippen LogP contribution >= 0.6 is 0 Å². The SMILES string of the molecule is CC(=O)Nc1cccc(NC(=O)c2cnc(NC3CC3)nc2)c1. The third-order valence-corrected chi connectivity index (χ3v) is 3.27. The van der Waals surface area contributed by atoms with Crippen molar-refractivity contribution in [2.45, 2.75) is 25.8 Å². The van der Waals surface area contributed by atoms with Crippen LogP contribution in [0.1, 0.15) is 30.1 Å². The molecule has 2 amide bonds. The Hall–Kier alpha value is -2.96. The Balaban J connectivity index is 1.64. The summed E-state index contributed by atoms with van der Waals surface area (Å²) in [6.07, 6.45) is 5.25. The number of hydrogen-bond donors (Lipinski definition) is 3. The number of carbonyl (C=O) groups excluding carboxylic acids is 2. The number of rotatable bonds is 5. The van der Waals surface area contributed by atoms with Gasteiger partial charge in [-0.25, -0.2) is 9.97 Å². The molecular formula is C16H17N5O2. The van der Waals surface area contributed by atoms with E-state index in [2.05, 4.69) is 25.9 Å². The molecule has 3 N–H and O–H groups in total. The lowest BCUT2D eigenvalue weighted by molar-refractivity contribution is -0.114. The summed E-state index contributed by atoms with van der Waals surface area (Å²) in [5, 5.41) is 8.58. The molecule has 1 heterocycles. The van der Waals surface area contributed by atoms with Crippen LogP contribution in [0.25, 0.3) is 0 Å². The van der Waals surface area contributed by atoms with E-state index in [1.807, 2.05) is 0 Å². The number of nitrogens with zero attached hydrogens (tertiary/aromatic N) is 2. The number of nitrogens with one attached hydrogen (secondary N) is 3. The van der Waals surface area contributed by atoms with Gasteiger partial charge in [-0.3, -0.25) is 9.59 Å². The summed E-state index contributed by atoms with van der Waals surface area (Å²) in [6, 6.07) is 7.39. The van der Waals surface area contributed by atoms with E-state index in [1.165, 1.54) is 19.3 Å². The summed E-state index contributed by atoms with van der Waals surface area (Å²) in [6.45, 7) is 1.43. The van der Waals surface area contributed by atoms with Gasteiger partial charge in [-0.2, -0.15) is 0 Å². The van der Waals surface area contributed by atoms with Gasteiger partial charge in [0.1, 0.15) is 0 Å². The van der Waals surface area contributed by atoms with Crippen molar-refractivity contribution in [3.63, 3.8) is 0 Å². The van der Waals surface area contributed by atoms with Gasteiger partial charge in [-0.05, 0) is 31.0 Å². The van der Waals surface area contributed by atoms with Crippen LogP contribution in [-0.4, -0.2) is 27.8 Å². The maximum atomic E-state index is 12.2. The number of amides is 2. The summed E-state index contributed by atoms with van der Waals surface area (Å²) in [7, 11) is 0. The summed E-state index contributed by atoms with van der Waals surface area (Å²) in [5.41, 5.74) is 1.58. The van der Waals surface area contributed by atoms with Crippen LogP contribution < -0.4 is 16.0 Å². The molecule has 1 aromatic heterocycles. The first-order valence-electron chi connectivity index (χ1n) is 7.38. The van der Waals surface area contributed by atoms with E-state index in [9.17, 15) is 9.59 Å². The van der Waals surface area contributed by atoms with Gasteiger partial charge in [0.25, 0.3) is 5.91 Å². The Morgan fingerprint density at radius 3 is 2.35 bits per heavy atom. The average Bonchev–Trinajstić information content (AvgIpc) is 3.31. The van der Waals surface area contributed by atoms with Crippen molar-refractivity contribution in [3.8, 4) is 0 Å². The topological polar surface area (TPSA) is 96.0 Å². The average molecular weight is 311 g/mol. The fourth-order valence-corrected chi connectivity index (χ4v) is 2.01. The quantitative estimate of drug-likeness (QED) is 0.787. The molecule has 1 saturated carbocycles. The summed E-state index contributed by atoms with van der Waals surface area (Å²) in [5.74, 6) is 0.0697. The molecule has 0 spiro atoms. The molecule has 23 heavy (non-hydrogen) atoms. The normalized spacial score (nSPS) is 13.3. The van der Waals surface area contributed by atoms with Gasteiger partial charge in [0.05, 0.1) is 5.56 Å². The van der Waals surface area contributed by atoms with Crippen LogP contribution in [0.4, 0.5) is 17.3 Å². The highest BCUT2D eigenvalue weighted by molar-refractivity contribution is 6.04. The molecule has 0 unspecified atom stereocenters. The molecule has 0 saturated heterocycles. The molecular weight excluding hydrogens is 294 g/mol. The Kier molecular flexibility index (Phi) is 4.18. The van der Waals surface area contributed by atoms with Crippen molar-refractivity contribution in [2.24, 2.45) is 0 Å². The molecule has 0 bridgehead atoms. The van der Waals surface area contributed by atoms with E-state index in [4.69, 9.17) is 0 Å². The molecule has 1 aliphatic rings. The van der Waals surface area contributed by atoms with E-state index in [0.29, 0.717) is 28.9 Å². The van der Waals surface area contributed by atoms with Crippen molar-refractivity contribution in [1.82, 2.24) is 9.97 Å². The van der Waals surface area contributed by atoms with Gasteiger partial charge in [0.15, 0.2) is 0 Å². The van der Waals surface area contributed by atoms with E-state index >= 15 is 0 Å². The van der Waals surface area contributed by atoms with E-state index in [0.717, 1.165) is 12.8 Å². The van der Waals surface area contributed by atoms with Crippen LogP contribution in [-0.2, 0) is 4.79 Å². The third kappa shape index (κ3) is 4.26. The zero-order valence-corrected chi connectivity index (χ0v) is 12.7. The molecule has 3 rings (SSSR count). The number of carbonyl (C=O) groups is 2. The fourth-order valence-electron chi connectivity index (χ4n) is 2.01. The van der Waals surface area contributed by atoms with Crippen molar-refractivity contribution in [3.05, 3.63) is 42.2 Å². The van der Waals surface area contributed by atoms with Crippen molar-refractivity contribution < 1.29 is 9.59 Å². The number of benzene rings is 1. The van der Waals surface area contributed by atoms with E-state index in [-0.39, 0.29) is 11.8 Å².